The van der Waals surface area contributed by atoms with Crippen molar-refractivity contribution in [3.63, 3.8) is 0 Å². The Morgan fingerprint density at radius 1 is 1.50 bits per heavy atom. The lowest BCUT2D eigenvalue weighted by Gasteiger charge is -2.16. The molecule has 0 aliphatic rings. The minimum atomic E-state index is -3.75. The molecule has 2 aromatic heterocycles. The van der Waals surface area contributed by atoms with E-state index in [2.05, 4.69) is 9.97 Å². The Balaban J connectivity index is 2.32. The number of hydrogen-bond donors (Lipinski definition) is 1. The molecular formula is C11H13ClN4O2S2. The van der Waals surface area contributed by atoms with Gasteiger partial charge in [0.1, 0.15) is 15.7 Å². The van der Waals surface area contributed by atoms with Crippen LogP contribution in [0.1, 0.15) is 10.7 Å². The SMILES string of the molecule is Cc1csc(CN(C)S(=O)(=O)c2cc(Cl)cnc2N)n1. The molecule has 0 aliphatic carbocycles. The lowest BCUT2D eigenvalue weighted by atomic mass is 10.5. The molecule has 0 bridgehead atoms. The van der Waals surface area contributed by atoms with Gasteiger partial charge in [0, 0.05) is 24.3 Å². The average molecular weight is 333 g/mol. The molecule has 0 amide bonds. The van der Waals surface area contributed by atoms with Gasteiger partial charge in [-0.15, -0.1) is 11.3 Å². The molecule has 108 valence electrons. The number of anilines is 1. The van der Waals surface area contributed by atoms with Crippen molar-refractivity contribution in [2.24, 2.45) is 0 Å². The Morgan fingerprint density at radius 2 is 2.20 bits per heavy atom. The van der Waals surface area contributed by atoms with Gasteiger partial charge in [0.15, 0.2) is 0 Å². The summed E-state index contributed by atoms with van der Waals surface area (Å²) in [5.74, 6) is -0.0726. The molecule has 9 heteroatoms. The largest absolute Gasteiger partial charge is 0.383 e. The van der Waals surface area contributed by atoms with E-state index in [0.29, 0.717) is 5.01 Å². The maximum absolute atomic E-state index is 12.4. The highest BCUT2D eigenvalue weighted by Crippen LogP contribution is 2.24. The van der Waals surface area contributed by atoms with Crippen LogP contribution in [0.5, 0.6) is 0 Å². The third kappa shape index (κ3) is 3.09. The molecular weight excluding hydrogens is 320 g/mol. The van der Waals surface area contributed by atoms with Crippen molar-refractivity contribution in [2.75, 3.05) is 12.8 Å². The van der Waals surface area contributed by atoms with Crippen molar-refractivity contribution in [3.05, 3.63) is 33.4 Å². The third-order valence-electron chi connectivity index (χ3n) is 2.56. The third-order valence-corrected chi connectivity index (χ3v) is 5.55. The molecule has 2 aromatic rings. The number of thiazole rings is 1. The molecule has 0 aliphatic heterocycles. The molecule has 0 saturated heterocycles. The molecule has 0 aromatic carbocycles. The van der Waals surface area contributed by atoms with Crippen molar-refractivity contribution >= 4 is 38.8 Å². The smallest absolute Gasteiger partial charge is 0.246 e. The summed E-state index contributed by atoms with van der Waals surface area (Å²) in [5.41, 5.74) is 6.48. The summed E-state index contributed by atoms with van der Waals surface area (Å²) in [6.07, 6.45) is 1.31. The van der Waals surface area contributed by atoms with Gasteiger partial charge in [0.25, 0.3) is 0 Å². The van der Waals surface area contributed by atoms with Crippen molar-refractivity contribution in [1.82, 2.24) is 14.3 Å². The van der Waals surface area contributed by atoms with Crippen LogP contribution in [0.15, 0.2) is 22.5 Å². The maximum Gasteiger partial charge on any atom is 0.246 e. The summed E-state index contributed by atoms with van der Waals surface area (Å²) in [6.45, 7) is 2.03. The molecule has 0 atom stereocenters. The average Bonchev–Trinajstić information content (AvgIpc) is 2.77. The van der Waals surface area contributed by atoms with Crippen LogP contribution in [0.25, 0.3) is 0 Å². The monoisotopic (exact) mass is 332 g/mol. The maximum atomic E-state index is 12.4. The number of aromatic nitrogens is 2. The molecule has 0 saturated carbocycles. The fourth-order valence-electron chi connectivity index (χ4n) is 1.56. The second-order valence-electron chi connectivity index (χ2n) is 4.18. The van der Waals surface area contributed by atoms with Gasteiger partial charge in [0.2, 0.25) is 10.0 Å². The summed E-state index contributed by atoms with van der Waals surface area (Å²) >= 11 is 7.19. The Bertz CT molecular complexity index is 730. The number of nitrogens with two attached hydrogens (primary N) is 1. The second kappa shape index (κ2) is 5.65. The zero-order valence-electron chi connectivity index (χ0n) is 10.9. The van der Waals surface area contributed by atoms with Gasteiger partial charge in [-0.3, -0.25) is 0 Å². The Hall–Kier alpha value is -1.22. The van der Waals surface area contributed by atoms with E-state index in [-0.39, 0.29) is 22.3 Å². The van der Waals surface area contributed by atoms with Crippen LogP contribution in [0.3, 0.4) is 0 Å². The summed E-state index contributed by atoms with van der Waals surface area (Å²) in [7, 11) is -2.29. The number of aryl methyl sites for hydroxylation is 1. The van der Waals surface area contributed by atoms with Gasteiger partial charge in [-0.2, -0.15) is 4.31 Å². The number of hydrogen-bond acceptors (Lipinski definition) is 6. The van der Waals surface area contributed by atoms with Crippen molar-refractivity contribution < 1.29 is 8.42 Å². The highest BCUT2D eigenvalue weighted by molar-refractivity contribution is 7.89. The first-order valence-corrected chi connectivity index (χ1v) is 8.29. The number of sulfonamides is 1. The molecule has 0 radical (unpaired) electrons. The number of pyridine rings is 1. The fourth-order valence-corrected chi connectivity index (χ4v) is 3.91. The Labute approximate surface area is 126 Å². The van der Waals surface area contributed by atoms with Gasteiger partial charge in [0.05, 0.1) is 11.6 Å². The van der Waals surface area contributed by atoms with Crippen LogP contribution < -0.4 is 5.73 Å². The van der Waals surface area contributed by atoms with Gasteiger partial charge in [-0.25, -0.2) is 18.4 Å². The van der Waals surface area contributed by atoms with Crippen LogP contribution in [-0.4, -0.2) is 29.7 Å². The summed E-state index contributed by atoms with van der Waals surface area (Å²) in [5, 5.41) is 2.80. The van der Waals surface area contributed by atoms with Gasteiger partial charge < -0.3 is 5.73 Å². The van der Waals surface area contributed by atoms with Crippen LogP contribution in [0.4, 0.5) is 5.82 Å². The topological polar surface area (TPSA) is 89.2 Å². The first kappa shape index (κ1) is 15.2. The molecule has 0 fully saturated rings. The molecule has 2 heterocycles. The highest BCUT2D eigenvalue weighted by Gasteiger charge is 2.25. The summed E-state index contributed by atoms with van der Waals surface area (Å²) in [6, 6.07) is 1.29. The van der Waals surface area contributed by atoms with E-state index < -0.39 is 10.0 Å². The number of nitrogen functional groups attached to an aromatic ring is 1. The quantitative estimate of drug-likeness (QED) is 0.923. The molecule has 20 heavy (non-hydrogen) atoms. The second-order valence-corrected chi connectivity index (χ2v) is 7.57. The predicted octanol–water partition coefficient (Wildman–Crippen LogP) is 1.90. The summed E-state index contributed by atoms with van der Waals surface area (Å²) < 4.78 is 26.1. The fraction of sp³-hybridized carbons (Fsp3) is 0.273. The Morgan fingerprint density at radius 3 is 2.80 bits per heavy atom. The minimum absolute atomic E-state index is 0.0726. The first-order chi connectivity index (χ1) is 9.30. The minimum Gasteiger partial charge on any atom is -0.383 e. The van der Waals surface area contributed by atoms with Crippen LogP contribution in [-0.2, 0) is 16.6 Å². The Kier molecular flexibility index (Phi) is 4.28. The standard InChI is InChI=1S/C11H13ClN4O2S2/c1-7-6-19-10(15-7)5-16(2)20(17,18)9-3-8(12)4-14-11(9)13/h3-4,6H,5H2,1-2H3,(H2,13,14). The number of rotatable bonds is 4. The summed E-state index contributed by atoms with van der Waals surface area (Å²) in [4.78, 5) is 7.91. The van der Waals surface area contributed by atoms with Crippen LogP contribution in [0, 0.1) is 6.92 Å². The molecule has 2 N–H and O–H groups in total. The van der Waals surface area contributed by atoms with Crippen LogP contribution in [0.2, 0.25) is 5.02 Å². The lowest BCUT2D eigenvalue weighted by Crippen LogP contribution is -2.27. The predicted molar refractivity (Wildman–Crippen MR) is 79.2 cm³/mol. The van der Waals surface area contributed by atoms with Gasteiger partial charge in [-0.1, -0.05) is 11.6 Å². The van der Waals surface area contributed by atoms with E-state index in [0.717, 1.165) is 5.69 Å². The molecule has 0 unspecified atom stereocenters. The highest BCUT2D eigenvalue weighted by atomic mass is 35.5. The first-order valence-electron chi connectivity index (χ1n) is 5.59. The van der Waals surface area contributed by atoms with E-state index >= 15 is 0 Å². The van der Waals surface area contributed by atoms with E-state index in [4.69, 9.17) is 17.3 Å². The molecule has 0 spiro atoms. The number of halogens is 1. The van der Waals surface area contributed by atoms with E-state index in [1.165, 1.54) is 35.0 Å². The molecule has 6 nitrogen and oxygen atoms in total. The lowest BCUT2D eigenvalue weighted by molar-refractivity contribution is 0.466. The van der Waals surface area contributed by atoms with Crippen molar-refractivity contribution in [2.45, 2.75) is 18.4 Å². The normalized spacial score (nSPS) is 12.0. The van der Waals surface area contributed by atoms with Crippen molar-refractivity contribution in [1.29, 1.82) is 0 Å². The van der Waals surface area contributed by atoms with Gasteiger partial charge in [-0.05, 0) is 13.0 Å². The van der Waals surface area contributed by atoms with E-state index in [1.54, 1.807) is 0 Å². The van der Waals surface area contributed by atoms with Crippen LogP contribution >= 0.6 is 22.9 Å². The molecule has 2 rings (SSSR count). The zero-order chi connectivity index (χ0) is 14.9. The number of nitrogens with zero attached hydrogens (tertiary/aromatic N) is 3. The zero-order valence-corrected chi connectivity index (χ0v) is 13.3. The van der Waals surface area contributed by atoms with E-state index in [9.17, 15) is 8.42 Å². The van der Waals surface area contributed by atoms with E-state index in [1.807, 2.05) is 12.3 Å². The van der Waals surface area contributed by atoms with Gasteiger partial charge >= 0.3 is 0 Å². The van der Waals surface area contributed by atoms with Crippen molar-refractivity contribution in [3.8, 4) is 0 Å².